The van der Waals surface area contributed by atoms with Gasteiger partial charge in [-0.05, 0) is 42.4 Å². The maximum absolute atomic E-state index is 13.5. The van der Waals surface area contributed by atoms with Crippen molar-refractivity contribution in [1.29, 1.82) is 0 Å². The van der Waals surface area contributed by atoms with Gasteiger partial charge in [0.1, 0.15) is 0 Å². The van der Waals surface area contributed by atoms with Crippen LogP contribution in [0.5, 0.6) is 0 Å². The van der Waals surface area contributed by atoms with E-state index in [0.29, 0.717) is 11.4 Å². The number of benzene rings is 2. The average Bonchev–Trinajstić information content (AvgIpc) is 3.24. The molecular weight excluding hydrogens is 457 g/mol. The summed E-state index contributed by atoms with van der Waals surface area (Å²) in [6.07, 6.45) is 3.12. The van der Waals surface area contributed by atoms with Crippen LogP contribution < -0.4 is 5.32 Å². The molecule has 2 heterocycles. The highest BCUT2D eigenvalue weighted by atomic mass is 35.5. The fraction of sp³-hybridized carbons (Fsp3) is 0.423. The fourth-order valence-corrected chi connectivity index (χ4v) is 6.48. The Kier molecular flexibility index (Phi) is 6.19. The predicted molar refractivity (Wildman–Crippen MR) is 130 cm³/mol. The third kappa shape index (κ3) is 4.17. The number of hydrogen-bond donors (Lipinski definition) is 1. The second-order valence-electron chi connectivity index (χ2n) is 9.30. The highest BCUT2D eigenvalue weighted by molar-refractivity contribution is 6.31. The van der Waals surface area contributed by atoms with Crippen molar-refractivity contribution in [2.75, 3.05) is 0 Å². The van der Waals surface area contributed by atoms with Gasteiger partial charge in [-0.3, -0.25) is 9.59 Å². The minimum Gasteiger partial charge on any atom is -0.352 e. The van der Waals surface area contributed by atoms with Gasteiger partial charge in [-0.25, -0.2) is 5.01 Å². The van der Waals surface area contributed by atoms with Gasteiger partial charge >= 0.3 is 0 Å². The molecule has 1 saturated heterocycles. The van der Waals surface area contributed by atoms with Crippen molar-refractivity contribution in [2.24, 2.45) is 16.9 Å². The maximum atomic E-state index is 13.5. The maximum Gasteiger partial charge on any atom is 0.240 e. The number of fused-ring (bicyclic) bond motifs is 1. The smallest absolute Gasteiger partial charge is 0.240 e. The quantitative estimate of drug-likeness (QED) is 0.602. The molecule has 1 saturated carbocycles. The molecule has 6 atom stereocenters. The van der Waals surface area contributed by atoms with E-state index in [9.17, 15) is 9.59 Å². The van der Waals surface area contributed by atoms with Gasteiger partial charge in [-0.1, -0.05) is 60.1 Å². The Bertz CT molecular complexity index is 1090. The van der Waals surface area contributed by atoms with E-state index < -0.39 is 5.92 Å². The number of rotatable bonds is 3. The minimum atomic E-state index is -0.454. The summed E-state index contributed by atoms with van der Waals surface area (Å²) < 4.78 is 0. The van der Waals surface area contributed by atoms with E-state index in [0.717, 1.165) is 36.1 Å². The largest absolute Gasteiger partial charge is 0.352 e. The van der Waals surface area contributed by atoms with Gasteiger partial charge in [0, 0.05) is 35.7 Å². The first-order valence-electron chi connectivity index (χ1n) is 11.5. The average molecular weight is 484 g/mol. The van der Waals surface area contributed by atoms with Crippen molar-refractivity contribution in [2.45, 2.75) is 56.0 Å². The molecule has 2 aromatic carbocycles. The molecule has 0 bridgehead atoms. The molecule has 172 valence electrons. The number of hydrogen-bond acceptors (Lipinski definition) is 3. The van der Waals surface area contributed by atoms with Gasteiger partial charge in [-0.15, -0.1) is 11.6 Å². The van der Waals surface area contributed by atoms with E-state index in [-0.39, 0.29) is 41.1 Å². The van der Waals surface area contributed by atoms with E-state index in [4.69, 9.17) is 28.3 Å². The summed E-state index contributed by atoms with van der Waals surface area (Å²) in [6.45, 7) is 1.50. The van der Waals surface area contributed by atoms with Crippen LogP contribution in [-0.4, -0.2) is 34.0 Å². The van der Waals surface area contributed by atoms with Gasteiger partial charge in [0.25, 0.3) is 0 Å². The Morgan fingerprint density at radius 1 is 1.09 bits per heavy atom. The van der Waals surface area contributed by atoms with Crippen LogP contribution in [0, 0.1) is 11.8 Å². The van der Waals surface area contributed by atoms with Gasteiger partial charge in [0.2, 0.25) is 11.8 Å². The number of hydrazone groups is 1. The second-order valence-corrected chi connectivity index (χ2v) is 10.3. The molecule has 5 nitrogen and oxygen atoms in total. The summed E-state index contributed by atoms with van der Waals surface area (Å²) in [5.74, 6) is -0.452. The first-order valence-corrected chi connectivity index (χ1v) is 12.4. The van der Waals surface area contributed by atoms with Crippen LogP contribution in [0.4, 0.5) is 0 Å². The molecule has 1 N–H and O–H groups in total. The fourth-order valence-electron chi connectivity index (χ4n) is 5.88. The van der Waals surface area contributed by atoms with Crippen LogP contribution in [0.15, 0.2) is 59.7 Å². The molecule has 5 rings (SSSR count). The van der Waals surface area contributed by atoms with Crippen molar-refractivity contribution < 1.29 is 9.59 Å². The SMILES string of the molecule is CC(=O)N1N=C(C2C(=O)NC3CCC(Cl)CC3C2c2ccccc2)CC1c1ccccc1Cl. The Labute approximate surface area is 204 Å². The summed E-state index contributed by atoms with van der Waals surface area (Å²) >= 11 is 13.1. The van der Waals surface area contributed by atoms with Gasteiger partial charge in [0.15, 0.2) is 0 Å². The molecule has 0 aromatic heterocycles. The van der Waals surface area contributed by atoms with Crippen LogP contribution in [0.25, 0.3) is 0 Å². The minimum absolute atomic E-state index is 0.0137. The van der Waals surface area contributed by atoms with Crippen molar-refractivity contribution in [3.8, 4) is 0 Å². The summed E-state index contributed by atoms with van der Waals surface area (Å²) in [5, 5.41) is 10.2. The first-order chi connectivity index (χ1) is 15.9. The Hall–Kier alpha value is -2.37. The number of carbonyl (C=O) groups excluding carboxylic acids is 2. The number of halogens is 2. The molecule has 3 aliphatic rings. The predicted octanol–water partition coefficient (Wildman–Crippen LogP) is 5.30. The van der Waals surface area contributed by atoms with E-state index in [2.05, 4.69) is 17.4 Å². The molecule has 6 unspecified atom stereocenters. The molecule has 7 heteroatoms. The molecule has 33 heavy (non-hydrogen) atoms. The zero-order valence-corrected chi connectivity index (χ0v) is 20.0. The lowest BCUT2D eigenvalue weighted by Crippen LogP contribution is -2.57. The highest BCUT2D eigenvalue weighted by Crippen LogP contribution is 2.48. The van der Waals surface area contributed by atoms with E-state index >= 15 is 0 Å². The highest BCUT2D eigenvalue weighted by Gasteiger charge is 2.50. The Balaban J connectivity index is 1.56. The van der Waals surface area contributed by atoms with Gasteiger partial charge in [-0.2, -0.15) is 5.10 Å². The third-order valence-corrected chi connectivity index (χ3v) is 8.07. The van der Waals surface area contributed by atoms with E-state index in [1.165, 1.54) is 11.9 Å². The first kappa shape index (κ1) is 22.4. The number of amides is 2. The van der Waals surface area contributed by atoms with Crippen molar-refractivity contribution in [3.63, 3.8) is 0 Å². The van der Waals surface area contributed by atoms with Crippen molar-refractivity contribution in [3.05, 3.63) is 70.7 Å². The zero-order chi connectivity index (χ0) is 23.1. The summed E-state index contributed by atoms with van der Waals surface area (Å²) in [7, 11) is 0. The summed E-state index contributed by atoms with van der Waals surface area (Å²) in [4.78, 5) is 26.1. The molecular formula is C26H27Cl2N3O2. The lowest BCUT2D eigenvalue weighted by molar-refractivity contribution is -0.131. The number of nitrogens with one attached hydrogen (secondary N) is 1. The van der Waals surface area contributed by atoms with Crippen LogP contribution >= 0.6 is 23.2 Å². The molecule has 2 fully saturated rings. The van der Waals surface area contributed by atoms with Crippen LogP contribution in [-0.2, 0) is 9.59 Å². The molecule has 1 aliphatic carbocycles. The molecule has 0 spiro atoms. The Morgan fingerprint density at radius 2 is 1.82 bits per heavy atom. The van der Waals surface area contributed by atoms with Gasteiger partial charge in [0.05, 0.1) is 17.7 Å². The number of nitrogens with zero attached hydrogens (tertiary/aromatic N) is 2. The normalized spacial score (nSPS) is 31.5. The summed E-state index contributed by atoms with van der Waals surface area (Å²) in [6, 6.07) is 17.5. The van der Waals surface area contributed by atoms with Crippen LogP contribution in [0.1, 0.15) is 55.7 Å². The van der Waals surface area contributed by atoms with E-state index in [1.54, 1.807) is 0 Å². The molecule has 0 radical (unpaired) electrons. The van der Waals surface area contributed by atoms with Crippen molar-refractivity contribution in [1.82, 2.24) is 10.3 Å². The number of alkyl halides is 1. The zero-order valence-electron chi connectivity index (χ0n) is 18.5. The number of carbonyl (C=O) groups is 2. The third-order valence-electron chi connectivity index (χ3n) is 7.33. The lowest BCUT2D eigenvalue weighted by Gasteiger charge is -2.46. The summed E-state index contributed by atoms with van der Waals surface area (Å²) in [5.41, 5.74) is 2.70. The van der Waals surface area contributed by atoms with Gasteiger partial charge < -0.3 is 5.32 Å². The van der Waals surface area contributed by atoms with Crippen LogP contribution in [0.2, 0.25) is 5.02 Å². The second kappa shape index (κ2) is 9.11. The monoisotopic (exact) mass is 483 g/mol. The van der Waals surface area contributed by atoms with Crippen molar-refractivity contribution >= 4 is 40.7 Å². The lowest BCUT2D eigenvalue weighted by atomic mass is 9.64. The van der Waals surface area contributed by atoms with E-state index in [1.807, 2.05) is 42.5 Å². The van der Waals surface area contributed by atoms with Crippen LogP contribution in [0.3, 0.4) is 0 Å². The molecule has 2 aliphatic heterocycles. The Morgan fingerprint density at radius 3 is 2.55 bits per heavy atom. The number of piperidine rings is 1. The standard InChI is InChI=1S/C26H27Cl2N3O2/c1-15(32)31-23(18-9-5-6-10-20(18)28)14-22(30-31)25-24(16-7-3-2-4-8-16)19-13-17(27)11-12-21(19)29-26(25)33/h2-10,17,19,21,23-25H,11-14H2,1H3,(H,29,33). The topological polar surface area (TPSA) is 61.8 Å². The molecule has 2 aromatic rings. The molecule has 2 amide bonds.